The van der Waals surface area contributed by atoms with E-state index in [1.54, 1.807) is 24.3 Å². The molecule has 1 aliphatic heterocycles. The first-order valence-corrected chi connectivity index (χ1v) is 11.7. The summed E-state index contributed by atoms with van der Waals surface area (Å²) in [5, 5.41) is 15.4. The third kappa shape index (κ3) is 5.27. The van der Waals surface area contributed by atoms with Gasteiger partial charge < -0.3 is 20.5 Å². The van der Waals surface area contributed by atoms with Gasteiger partial charge in [0.15, 0.2) is 0 Å². The highest BCUT2D eigenvalue weighted by atomic mass is 35.5. The van der Waals surface area contributed by atoms with Crippen LogP contribution in [0.3, 0.4) is 0 Å². The molecule has 2 aromatic carbocycles. The van der Waals surface area contributed by atoms with Gasteiger partial charge in [-0.1, -0.05) is 41.9 Å². The lowest BCUT2D eigenvalue weighted by molar-refractivity contribution is -0.111. The number of para-hydroxylation sites is 2. The van der Waals surface area contributed by atoms with E-state index in [1.165, 1.54) is 19.4 Å². The van der Waals surface area contributed by atoms with Gasteiger partial charge in [0.25, 0.3) is 6.43 Å². The van der Waals surface area contributed by atoms with Gasteiger partial charge in [0.05, 0.1) is 37.3 Å². The lowest BCUT2D eigenvalue weighted by Crippen LogP contribution is -2.50. The number of hydrogen-bond acceptors (Lipinski definition) is 7. The van der Waals surface area contributed by atoms with Crippen LogP contribution < -0.4 is 25.2 Å². The summed E-state index contributed by atoms with van der Waals surface area (Å²) in [5.74, 6) is -0.906. The number of carbonyl (C=O) groups is 2. The summed E-state index contributed by atoms with van der Waals surface area (Å²) in [5.41, 5.74) is 0.998. The minimum Gasteiger partial charge on any atom is -0.506 e. The molecule has 0 fully saturated rings. The molecule has 0 saturated carbocycles. The molecule has 0 radical (unpaired) electrons. The maximum Gasteiger partial charge on any atom is 0.330 e. The monoisotopic (exact) mass is 564 g/mol. The number of rotatable bonds is 8. The summed E-state index contributed by atoms with van der Waals surface area (Å²) in [6.07, 6.45) is -0.445. The Labute approximate surface area is 225 Å². The number of aromatic nitrogens is 2. The molecule has 4 rings (SSSR count). The number of carbonyl (C=O) groups excluding carboxylic acids is 2. The Hall–Kier alpha value is -4.16. The average Bonchev–Trinajstić information content (AvgIpc) is 2.89. The fraction of sp³-hybridized carbons (Fsp3) is 0.167. The zero-order chi connectivity index (χ0) is 27.6. The number of halogens is 4. The number of hydrogen-bond donors (Lipinski definition) is 3. The van der Waals surface area contributed by atoms with Crippen molar-refractivity contribution in [3.05, 3.63) is 64.8 Å². The molecule has 198 valence electrons. The van der Waals surface area contributed by atoms with Gasteiger partial charge in [-0.2, -0.15) is 4.98 Å². The van der Waals surface area contributed by atoms with Crippen molar-refractivity contribution < 1.29 is 28.2 Å². The van der Waals surface area contributed by atoms with Gasteiger partial charge in [0.2, 0.25) is 11.9 Å². The maximum atomic E-state index is 13.6. The third-order valence-corrected chi connectivity index (χ3v) is 6.18. The standard InChI is InChI=1S/C24H20Cl2F2N6O4/c1-3-18(36)30-13-6-4-5-7-14(13)31-23-29-9-12-10-33(24(37)34(11-17(27)28)22(12)32-23)21-19(25)15(35)8-16(38-2)20(21)26/h3-9,17,35H,1,10-11H2,2H3,(H,30,36)(H,29,31,32). The number of nitrogens with one attached hydrogen (secondary N) is 2. The number of phenols is 1. The van der Waals surface area contributed by atoms with Gasteiger partial charge >= 0.3 is 6.03 Å². The van der Waals surface area contributed by atoms with E-state index in [0.29, 0.717) is 16.9 Å². The normalized spacial score (nSPS) is 12.8. The number of phenolic OH excluding ortho intramolecular Hbond substituents is 1. The summed E-state index contributed by atoms with van der Waals surface area (Å²) in [7, 11) is 1.30. The second-order valence-corrected chi connectivity index (χ2v) is 8.61. The number of aromatic hydroxyl groups is 1. The molecule has 3 aromatic rings. The Morgan fingerprint density at radius 1 is 1.29 bits per heavy atom. The zero-order valence-corrected chi connectivity index (χ0v) is 21.2. The highest BCUT2D eigenvalue weighted by molar-refractivity contribution is 6.42. The van der Waals surface area contributed by atoms with Crippen molar-refractivity contribution in [3.63, 3.8) is 0 Å². The van der Waals surface area contributed by atoms with E-state index in [0.717, 1.165) is 15.9 Å². The smallest absolute Gasteiger partial charge is 0.330 e. The summed E-state index contributed by atoms with van der Waals surface area (Å²) in [4.78, 5) is 35.6. The van der Waals surface area contributed by atoms with Gasteiger partial charge in [-0.25, -0.2) is 18.6 Å². The van der Waals surface area contributed by atoms with Crippen molar-refractivity contribution in [2.75, 3.05) is 34.1 Å². The van der Waals surface area contributed by atoms with Crippen molar-refractivity contribution in [3.8, 4) is 11.5 Å². The van der Waals surface area contributed by atoms with Gasteiger partial charge in [-0.15, -0.1) is 0 Å². The zero-order valence-electron chi connectivity index (χ0n) is 19.7. The van der Waals surface area contributed by atoms with E-state index >= 15 is 0 Å². The van der Waals surface area contributed by atoms with Crippen LogP contribution >= 0.6 is 23.2 Å². The van der Waals surface area contributed by atoms with Crippen molar-refractivity contribution in [2.45, 2.75) is 13.0 Å². The highest BCUT2D eigenvalue weighted by Crippen LogP contribution is 2.47. The predicted octanol–water partition coefficient (Wildman–Crippen LogP) is 5.58. The lowest BCUT2D eigenvalue weighted by Gasteiger charge is -2.36. The Morgan fingerprint density at radius 3 is 2.66 bits per heavy atom. The first-order chi connectivity index (χ1) is 18.1. The van der Waals surface area contributed by atoms with Crippen LogP contribution in [0.25, 0.3) is 0 Å². The Kier molecular flexibility index (Phi) is 7.83. The third-order valence-electron chi connectivity index (χ3n) is 5.44. The van der Waals surface area contributed by atoms with E-state index in [4.69, 9.17) is 27.9 Å². The molecule has 0 saturated heterocycles. The fourth-order valence-electron chi connectivity index (χ4n) is 3.73. The Morgan fingerprint density at radius 2 is 2.00 bits per heavy atom. The van der Waals surface area contributed by atoms with Crippen LogP contribution in [0.1, 0.15) is 5.56 Å². The van der Waals surface area contributed by atoms with E-state index in [2.05, 4.69) is 27.2 Å². The molecule has 1 aromatic heterocycles. The number of nitrogens with zero attached hydrogens (tertiary/aromatic N) is 4. The Balaban J connectivity index is 1.75. The van der Waals surface area contributed by atoms with E-state index in [1.807, 2.05) is 0 Å². The quantitative estimate of drug-likeness (QED) is 0.305. The summed E-state index contributed by atoms with van der Waals surface area (Å²) in [6, 6.07) is 6.93. The summed E-state index contributed by atoms with van der Waals surface area (Å²) >= 11 is 12.6. The van der Waals surface area contributed by atoms with Crippen LogP contribution in [0.5, 0.6) is 11.5 Å². The molecule has 0 bridgehead atoms. The Bertz CT molecular complexity index is 1420. The van der Waals surface area contributed by atoms with Gasteiger partial charge in [0.1, 0.15) is 27.4 Å². The number of urea groups is 1. The molecule has 10 nitrogen and oxygen atoms in total. The second-order valence-electron chi connectivity index (χ2n) is 7.85. The largest absolute Gasteiger partial charge is 0.506 e. The fourth-order valence-corrected chi connectivity index (χ4v) is 4.36. The number of ether oxygens (including phenoxy) is 1. The summed E-state index contributed by atoms with van der Waals surface area (Å²) in [6.45, 7) is 2.24. The van der Waals surface area contributed by atoms with Crippen LogP contribution in [0.4, 0.5) is 42.4 Å². The first kappa shape index (κ1) is 26.9. The predicted molar refractivity (Wildman–Crippen MR) is 140 cm³/mol. The number of alkyl halides is 2. The topological polar surface area (TPSA) is 120 Å². The summed E-state index contributed by atoms with van der Waals surface area (Å²) < 4.78 is 32.3. The van der Waals surface area contributed by atoms with Crippen molar-refractivity contribution in [2.24, 2.45) is 0 Å². The second kappa shape index (κ2) is 11.1. The molecule has 38 heavy (non-hydrogen) atoms. The van der Waals surface area contributed by atoms with Crippen molar-refractivity contribution in [1.82, 2.24) is 9.97 Å². The maximum absolute atomic E-state index is 13.6. The molecule has 1 aliphatic rings. The van der Waals surface area contributed by atoms with Gasteiger partial charge in [-0.3, -0.25) is 14.6 Å². The van der Waals surface area contributed by atoms with Gasteiger partial charge in [0, 0.05) is 17.8 Å². The molecule has 0 atom stereocenters. The molecule has 3 amide bonds. The van der Waals surface area contributed by atoms with Crippen LogP contribution in [0.15, 0.2) is 49.2 Å². The van der Waals surface area contributed by atoms with Crippen LogP contribution in [-0.2, 0) is 11.3 Å². The molecule has 0 aliphatic carbocycles. The average molecular weight is 565 g/mol. The van der Waals surface area contributed by atoms with Crippen LogP contribution in [0.2, 0.25) is 10.0 Å². The van der Waals surface area contributed by atoms with Crippen LogP contribution in [0, 0.1) is 0 Å². The number of benzene rings is 2. The molecule has 0 spiro atoms. The minimum atomic E-state index is -2.90. The van der Waals surface area contributed by atoms with Crippen molar-refractivity contribution in [1.29, 1.82) is 0 Å². The number of fused-ring (bicyclic) bond motifs is 1. The highest BCUT2D eigenvalue weighted by Gasteiger charge is 2.37. The molecule has 3 N–H and O–H groups in total. The minimum absolute atomic E-state index is 0.0142. The number of anilines is 5. The molecule has 0 unspecified atom stereocenters. The van der Waals surface area contributed by atoms with Gasteiger partial charge in [-0.05, 0) is 18.2 Å². The number of methoxy groups -OCH3 is 1. The van der Waals surface area contributed by atoms with E-state index in [-0.39, 0.29) is 39.8 Å². The number of amides is 3. The molecular formula is C24H20Cl2F2N6O4. The first-order valence-electron chi connectivity index (χ1n) is 10.9. The van der Waals surface area contributed by atoms with Crippen LogP contribution in [-0.4, -0.2) is 47.1 Å². The molecular weight excluding hydrogens is 545 g/mol. The lowest BCUT2D eigenvalue weighted by atomic mass is 10.1. The molecule has 14 heteroatoms. The SMILES string of the molecule is C=CC(=O)Nc1ccccc1Nc1ncc2c(n1)N(CC(F)F)C(=O)N(c1c(Cl)c(O)cc(OC)c1Cl)C2. The molecule has 2 heterocycles. The van der Waals surface area contributed by atoms with Crippen molar-refractivity contribution >= 4 is 64.0 Å². The van der Waals surface area contributed by atoms with E-state index < -0.39 is 30.7 Å². The van der Waals surface area contributed by atoms with E-state index in [9.17, 15) is 23.5 Å².